The minimum Gasteiger partial charge on any atom is -0.342 e. The van der Waals surface area contributed by atoms with Crippen molar-refractivity contribution in [1.82, 2.24) is 14.8 Å². The fourth-order valence-electron chi connectivity index (χ4n) is 3.65. The van der Waals surface area contributed by atoms with Gasteiger partial charge in [0.25, 0.3) is 5.56 Å². The molecular weight excluding hydrogens is 310 g/mol. The quantitative estimate of drug-likeness (QED) is 0.501. The molecule has 0 aliphatic heterocycles. The van der Waals surface area contributed by atoms with Gasteiger partial charge in [-0.2, -0.15) is 5.10 Å². The first-order valence-corrected chi connectivity index (χ1v) is 8.19. The van der Waals surface area contributed by atoms with E-state index in [1.807, 2.05) is 43.4 Å². The number of nitrogens with zero attached hydrogens (tertiary/aromatic N) is 2. The second-order valence-corrected chi connectivity index (χ2v) is 6.26. The minimum atomic E-state index is -0.156. The van der Waals surface area contributed by atoms with Gasteiger partial charge in [-0.3, -0.25) is 4.79 Å². The number of aryl methyl sites for hydroxylation is 1. The highest BCUT2D eigenvalue weighted by atomic mass is 16.1. The van der Waals surface area contributed by atoms with Crippen LogP contribution in [-0.4, -0.2) is 14.8 Å². The van der Waals surface area contributed by atoms with Crippen molar-refractivity contribution in [3.05, 3.63) is 77.1 Å². The van der Waals surface area contributed by atoms with Crippen molar-refractivity contribution in [2.75, 3.05) is 0 Å². The topological polar surface area (TPSA) is 50.7 Å². The first kappa shape index (κ1) is 14.0. The first-order chi connectivity index (χ1) is 12.2. The van der Waals surface area contributed by atoms with Crippen LogP contribution in [0, 0.1) is 0 Å². The summed E-state index contributed by atoms with van der Waals surface area (Å²) in [5.74, 6) is 0. The predicted octanol–water partition coefficient (Wildman–Crippen LogP) is 4.24. The van der Waals surface area contributed by atoms with E-state index in [9.17, 15) is 4.79 Å². The summed E-state index contributed by atoms with van der Waals surface area (Å²) in [7, 11) is 1.98. The molecule has 25 heavy (non-hydrogen) atoms. The van der Waals surface area contributed by atoms with Gasteiger partial charge in [-0.05, 0) is 22.9 Å². The SMILES string of the molecule is Cn1c2ccccc2c2c(=O)[nH]nc(-c3ccc4ccccc4c3)c21. The van der Waals surface area contributed by atoms with Gasteiger partial charge in [-0.1, -0.05) is 54.6 Å². The molecule has 5 aromatic rings. The highest BCUT2D eigenvalue weighted by molar-refractivity contribution is 6.11. The van der Waals surface area contributed by atoms with Gasteiger partial charge >= 0.3 is 0 Å². The van der Waals surface area contributed by atoms with Gasteiger partial charge in [0, 0.05) is 23.5 Å². The molecule has 0 fully saturated rings. The third-order valence-corrected chi connectivity index (χ3v) is 4.85. The molecule has 0 spiro atoms. The molecule has 4 heteroatoms. The van der Waals surface area contributed by atoms with E-state index in [1.165, 1.54) is 5.39 Å². The second-order valence-electron chi connectivity index (χ2n) is 6.26. The third-order valence-electron chi connectivity index (χ3n) is 4.85. The molecule has 1 N–H and O–H groups in total. The van der Waals surface area contributed by atoms with Crippen molar-refractivity contribution in [2.24, 2.45) is 7.05 Å². The standard InChI is InChI=1S/C21H15N3O/c1-24-17-9-5-4-8-16(17)18-20(24)19(22-23-21(18)25)15-11-10-13-6-2-3-7-14(13)12-15/h2-12H,1H3,(H,23,25). The molecule has 0 radical (unpaired) electrons. The number of fused-ring (bicyclic) bond motifs is 4. The Labute approximate surface area is 143 Å². The van der Waals surface area contributed by atoms with E-state index >= 15 is 0 Å². The normalized spacial score (nSPS) is 11.6. The van der Waals surface area contributed by atoms with Crippen LogP contribution < -0.4 is 5.56 Å². The average Bonchev–Trinajstić information content (AvgIpc) is 2.96. The Morgan fingerprint density at radius 1 is 0.920 bits per heavy atom. The van der Waals surface area contributed by atoms with E-state index in [0.29, 0.717) is 5.39 Å². The van der Waals surface area contributed by atoms with Crippen molar-refractivity contribution < 1.29 is 0 Å². The Morgan fingerprint density at radius 3 is 2.56 bits per heavy atom. The molecule has 0 aliphatic carbocycles. The smallest absolute Gasteiger partial charge is 0.274 e. The Bertz CT molecular complexity index is 1330. The monoisotopic (exact) mass is 325 g/mol. The van der Waals surface area contributed by atoms with E-state index in [-0.39, 0.29) is 5.56 Å². The summed E-state index contributed by atoms with van der Waals surface area (Å²) in [5, 5.41) is 11.0. The van der Waals surface area contributed by atoms with Crippen molar-refractivity contribution in [1.29, 1.82) is 0 Å². The Balaban J connectivity index is 1.93. The lowest BCUT2D eigenvalue weighted by Gasteiger charge is -2.06. The van der Waals surface area contributed by atoms with Gasteiger partial charge in [0.2, 0.25) is 0 Å². The zero-order valence-corrected chi connectivity index (χ0v) is 13.7. The van der Waals surface area contributed by atoms with Crippen LogP contribution in [0.4, 0.5) is 0 Å². The lowest BCUT2D eigenvalue weighted by molar-refractivity contribution is 0.974. The molecule has 0 bridgehead atoms. The molecule has 0 amide bonds. The largest absolute Gasteiger partial charge is 0.342 e. The summed E-state index contributed by atoms with van der Waals surface area (Å²) >= 11 is 0. The van der Waals surface area contributed by atoms with Crippen LogP contribution in [0.1, 0.15) is 0 Å². The third kappa shape index (κ3) is 1.94. The second kappa shape index (κ2) is 5.05. The molecule has 120 valence electrons. The van der Waals surface area contributed by atoms with E-state index in [2.05, 4.69) is 45.1 Å². The summed E-state index contributed by atoms with van der Waals surface area (Å²) in [4.78, 5) is 12.5. The van der Waals surface area contributed by atoms with Crippen LogP contribution >= 0.6 is 0 Å². The van der Waals surface area contributed by atoms with Gasteiger partial charge < -0.3 is 4.57 Å². The number of nitrogens with one attached hydrogen (secondary N) is 1. The fourth-order valence-corrected chi connectivity index (χ4v) is 3.65. The molecule has 0 unspecified atom stereocenters. The number of aromatic amines is 1. The fraction of sp³-hybridized carbons (Fsp3) is 0.0476. The van der Waals surface area contributed by atoms with Crippen molar-refractivity contribution in [3.63, 3.8) is 0 Å². The maximum Gasteiger partial charge on any atom is 0.274 e. The molecule has 0 saturated heterocycles. The molecule has 0 atom stereocenters. The number of benzene rings is 3. The number of para-hydroxylation sites is 1. The van der Waals surface area contributed by atoms with E-state index in [1.54, 1.807) is 0 Å². The average molecular weight is 325 g/mol. The molecule has 0 aliphatic rings. The summed E-state index contributed by atoms with van der Waals surface area (Å²) in [6.45, 7) is 0. The van der Waals surface area contributed by atoms with Crippen molar-refractivity contribution in [2.45, 2.75) is 0 Å². The lowest BCUT2D eigenvalue weighted by Crippen LogP contribution is -2.09. The molecule has 2 aromatic heterocycles. The molecule has 5 rings (SSSR count). The Hall–Kier alpha value is -3.40. The Kier molecular flexibility index (Phi) is 2.82. The van der Waals surface area contributed by atoms with Crippen molar-refractivity contribution >= 4 is 32.6 Å². The molecule has 2 heterocycles. The Morgan fingerprint density at radius 2 is 1.68 bits per heavy atom. The maximum atomic E-state index is 12.5. The van der Waals surface area contributed by atoms with Crippen LogP contribution in [0.25, 0.3) is 43.8 Å². The number of hydrogen-bond acceptors (Lipinski definition) is 2. The molecular formula is C21H15N3O. The zero-order chi connectivity index (χ0) is 17.0. The highest BCUT2D eigenvalue weighted by Gasteiger charge is 2.17. The van der Waals surface area contributed by atoms with Gasteiger partial charge in [0.15, 0.2) is 0 Å². The summed E-state index contributed by atoms with van der Waals surface area (Å²) in [6.07, 6.45) is 0. The zero-order valence-electron chi connectivity index (χ0n) is 13.7. The summed E-state index contributed by atoms with van der Waals surface area (Å²) in [6, 6.07) is 22.4. The van der Waals surface area contributed by atoms with E-state index in [4.69, 9.17) is 0 Å². The molecule has 4 nitrogen and oxygen atoms in total. The molecule has 0 saturated carbocycles. The van der Waals surface area contributed by atoms with Crippen LogP contribution in [0.3, 0.4) is 0 Å². The number of H-pyrrole nitrogens is 1. The number of aromatic nitrogens is 3. The van der Waals surface area contributed by atoms with Crippen LogP contribution in [-0.2, 0) is 7.05 Å². The maximum absolute atomic E-state index is 12.5. The van der Waals surface area contributed by atoms with Crippen LogP contribution in [0.2, 0.25) is 0 Å². The van der Waals surface area contributed by atoms with Crippen molar-refractivity contribution in [3.8, 4) is 11.3 Å². The summed E-state index contributed by atoms with van der Waals surface area (Å²) in [5.41, 5.74) is 3.51. The van der Waals surface area contributed by atoms with E-state index < -0.39 is 0 Å². The van der Waals surface area contributed by atoms with E-state index in [0.717, 1.165) is 33.1 Å². The van der Waals surface area contributed by atoms with Gasteiger partial charge in [-0.25, -0.2) is 5.10 Å². The van der Waals surface area contributed by atoms with Gasteiger partial charge in [0.05, 0.1) is 10.9 Å². The summed E-state index contributed by atoms with van der Waals surface area (Å²) < 4.78 is 2.05. The van der Waals surface area contributed by atoms with Crippen LogP contribution in [0.5, 0.6) is 0 Å². The number of rotatable bonds is 1. The van der Waals surface area contributed by atoms with Gasteiger partial charge in [0.1, 0.15) is 5.69 Å². The molecule has 3 aromatic carbocycles. The lowest BCUT2D eigenvalue weighted by atomic mass is 10.0. The highest BCUT2D eigenvalue weighted by Crippen LogP contribution is 2.32. The minimum absolute atomic E-state index is 0.156. The van der Waals surface area contributed by atoms with Crippen LogP contribution in [0.15, 0.2) is 71.5 Å². The predicted molar refractivity (Wildman–Crippen MR) is 102 cm³/mol. The number of hydrogen-bond donors (Lipinski definition) is 1. The van der Waals surface area contributed by atoms with Gasteiger partial charge in [-0.15, -0.1) is 0 Å². The first-order valence-electron chi connectivity index (χ1n) is 8.19.